The van der Waals surface area contributed by atoms with E-state index in [1.165, 1.54) is 0 Å². The van der Waals surface area contributed by atoms with Gasteiger partial charge in [-0.25, -0.2) is 0 Å². The van der Waals surface area contributed by atoms with Crippen molar-refractivity contribution in [2.24, 2.45) is 0 Å². The highest BCUT2D eigenvalue weighted by molar-refractivity contribution is 6.51. The van der Waals surface area contributed by atoms with Gasteiger partial charge in [-0.3, -0.25) is 0 Å². The van der Waals surface area contributed by atoms with E-state index in [-0.39, 0.29) is 5.75 Å². The predicted octanol–water partition coefficient (Wildman–Crippen LogP) is 5.28. The SMILES string of the molecule is Oc1ccc2cc(/C=C(\Cl)c3ccccc3)ccc2c1. The molecule has 0 bridgehead atoms. The molecule has 0 saturated carbocycles. The summed E-state index contributed by atoms with van der Waals surface area (Å²) in [5, 5.41) is 12.3. The summed E-state index contributed by atoms with van der Waals surface area (Å²) in [6.07, 6.45) is 1.95. The van der Waals surface area contributed by atoms with Crippen molar-refractivity contribution in [1.29, 1.82) is 0 Å². The molecule has 20 heavy (non-hydrogen) atoms. The van der Waals surface area contributed by atoms with Crippen LogP contribution in [0.25, 0.3) is 21.9 Å². The van der Waals surface area contributed by atoms with Crippen LogP contribution in [0.1, 0.15) is 11.1 Å². The van der Waals surface area contributed by atoms with Gasteiger partial charge in [-0.1, -0.05) is 60.1 Å². The van der Waals surface area contributed by atoms with E-state index in [2.05, 4.69) is 6.07 Å². The second kappa shape index (κ2) is 5.40. The smallest absolute Gasteiger partial charge is 0.116 e. The maximum absolute atomic E-state index is 9.46. The molecule has 0 unspecified atom stereocenters. The van der Waals surface area contributed by atoms with Gasteiger partial charge in [0, 0.05) is 5.03 Å². The molecular formula is C18H13ClO. The predicted molar refractivity (Wildman–Crippen MR) is 85.8 cm³/mol. The van der Waals surface area contributed by atoms with Gasteiger partial charge < -0.3 is 5.11 Å². The summed E-state index contributed by atoms with van der Waals surface area (Å²) >= 11 is 6.34. The Morgan fingerprint density at radius 2 is 1.55 bits per heavy atom. The van der Waals surface area contributed by atoms with Crippen LogP contribution < -0.4 is 0 Å². The van der Waals surface area contributed by atoms with E-state index in [0.717, 1.165) is 21.9 Å². The van der Waals surface area contributed by atoms with Crippen LogP contribution >= 0.6 is 11.6 Å². The zero-order chi connectivity index (χ0) is 13.9. The number of phenolic OH excluding ortho intramolecular Hbond substituents is 1. The van der Waals surface area contributed by atoms with Gasteiger partial charge in [0.25, 0.3) is 0 Å². The lowest BCUT2D eigenvalue weighted by Gasteiger charge is -2.03. The molecule has 0 aromatic heterocycles. The van der Waals surface area contributed by atoms with Crippen molar-refractivity contribution in [2.75, 3.05) is 0 Å². The summed E-state index contributed by atoms with van der Waals surface area (Å²) in [7, 11) is 0. The highest BCUT2D eigenvalue weighted by atomic mass is 35.5. The highest BCUT2D eigenvalue weighted by Crippen LogP contribution is 2.25. The minimum absolute atomic E-state index is 0.281. The number of halogens is 1. The number of benzene rings is 3. The maximum atomic E-state index is 9.46. The Bertz CT molecular complexity index is 776. The van der Waals surface area contributed by atoms with Crippen molar-refractivity contribution in [2.45, 2.75) is 0 Å². The molecule has 0 heterocycles. The van der Waals surface area contributed by atoms with Gasteiger partial charge in [-0.2, -0.15) is 0 Å². The van der Waals surface area contributed by atoms with E-state index in [0.29, 0.717) is 5.03 Å². The fourth-order valence-corrected chi connectivity index (χ4v) is 2.42. The molecule has 0 aliphatic carbocycles. The van der Waals surface area contributed by atoms with E-state index in [9.17, 15) is 5.11 Å². The lowest BCUT2D eigenvalue weighted by atomic mass is 10.1. The molecule has 3 aromatic rings. The summed E-state index contributed by atoms with van der Waals surface area (Å²) < 4.78 is 0. The van der Waals surface area contributed by atoms with E-state index >= 15 is 0 Å². The van der Waals surface area contributed by atoms with Crippen molar-refractivity contribution >= 4 is 33.5 Å². The maximum Gasteiger partial charge on any atom is 0.116 e. The standard InChI is InChI=1S/C18H13ClO/c19-18(14-4-2-1-3-5-14)11-13-6-7-16-12-17(20)9-8-15(16)10-13/h1-12,20H/b18-11-. The Hall–Kier alpha value is -2.25. The molecule has 1 N–H and O–H groups in total. The number of hydrogen-bond acceptors (Lipinski definition) is 1. The molecule has 3 rings (SSSR count). The third-order valence-electron chi connectivity index (χ3n) is 3.19. The number of phenols is 1. The minimum Gasteiger partial charge on any atom is -0.508 e. The van der Waals surface area contributed by atoms with E-state index < -0.39 is 0 Å². The van der Waals surface area contributed by atoms with Crippen molar-refractivity contribution < 1.29 is 5.11 Å². The van der Waals surface area contributed by atoms with E-state index in [1.54, 1.807) is 12.1 Å². The molecule has 2 heteroatoms. The Kier molecular flexibility index (Phi) is 3.44. The van der Waals surface area contributed by atoms with Crippen LogP contribution in [-0.4, -0.2) is 5.11 Å². The lowest BCUT2D eigenvalue weighted by Crippen LogP contribution is -1.79. The molecular weight excluding hydrogens is 268 g/mol. The number of fused-ring (bicyclic) bond motifs is 1. The zero-order valence-corrected chi connectivity index (χ0v) is 11.5. The second-order valence-electron chi connectivity index (χ2n) is 4.65. The molecule has 0 atom stereocenters. The van der Waals surface area contributed by atoms with Crippen LogP contribution in [0.2, 0.25) is 0 Å². The first-order chi connectivity index (χ1) is 9.72. The first kappa shape index (κ1) is 12.8. The minimum atomic E-state index is 0.281. The molecule has 0 fully saturated rings. The Morgan fingerprint density at radius 1 is 0.850 bits per heavy atom. The molecule has 0 amide bonds. The molecule has 0 radical (unpaired) electrons. The molecule has 0 spiro atoms. The first-order valence-electron chi connectivity index (χ1n) is 6.38. The summed E-state index contributed by atoms with van der Waals surface area (Å²) in [5.74, 6) is 0.281. The largest absolute Gasteiger partial charge is 0.508 e. The van der Waals surface area contributed by atoms with Crippen LogP contribution in [0, 0.1) is 0 Å². The van der Waals surface area contributed by atoms with Gasteiger partial charge in [0.05, 0.1) is 0 Å². The zero-order valence-electron chi connectivity index (χ0n) is 10.8. The quantitative estimate of drug-likeness (QED) is 0.633. The Labute approximate surface area is 122 Å². The lowest BCUT2D eigenvalue weighted by molar-refractivity contribution is 0.476. The number of hydrogen-bond donors (Lipinski definition) is 1. The highest BCUT2D eigenvalue weighted by Gasteiger charge is 2.00. The third kappa shape index (κ3) is 2.68. The monoisotopic (exact) mass is 280 g/mol. The van der Waals surface area contributed by atoms with Crippen molar-refractivity contribution in [3.05, 3.63) is 77.9 Å². The van der Waals surface area contributed by atoms with Crippen molar-refractivity contribution in [3.63, 3.8) is 0 Å². The van der Waals surface area contributed by atoms with Gasteiger partial charge in [0.1, 0.15) is 5.75 Å². The first-order valence-corrected chi connectivity index (χ1v) is 6.75. The van der Waals surface area contributed by atoms with Gasteiger partial charge in [-0.15, -0.1) is 0 Å². The van der Waals surface area contributed by atoms with Crippen LogP contribution in [0.5, 0.6) is 5.75 Å². The van der Waals surface area contributed by atoms with Gasteiger partial charge in [-0.05, 0) is 46.2 Å². The number of rotatable bonds is 2. The summed E-state index contributed by atoms with van der Waals surface area (Å²) in [5.41, 5.74) is 2.04. The van der Waals surface area contributed by atoms with Crippen molar-refractivity contribution in [1.82, 2.24) is 0 Å². The van der Waals surface area contributed by atoms with Gasteiger partial charge >= 0.3 is 0 Å². The van der Waals surface area contributed by atoms with Crippen LogP contribution in [0.15, 0.2) is 66.7 Å². The fraction of sp³-hybridized carbons (Fsp3) is 0. The Balaban J connectivity index is 2.01. The average Bonchev–Trinajstić information content (AvgIpc) is 2.48. The molecule has 0 saturated heterocycles. The average molecular weight is 281 g/mol. The molecule has 0 aliphatic heterocycles. The normalized spacial score (nSPS) is 11.8. The summed E-state index contributed by atoms with van der Waals surface area (Å²) in [6.45, 7) is 0. The van der Waals surface area contributed by atoms with Crippen molar-refractivity contribution in [3.8, 4) is 5.75 Å². The topological polar surface area (TPSA) is 20.2 Å². The molecule has 1 nitrogen and oxygen atoms in total. The molecule has 3 aromatic carbocycles. The summed E-state index contributed by atoms with van der Waals surface area (Å²) in [6, 6.07) is 21.2. The molecule has 0 aliphatic rings. The van der Waals surface area contributed by atoms with Crippen LogP contribution in [-0.2, 0) is 0 Å². The van der Waals surface area contributed by atoms with Crippen LogP contribution in [0.4, 0.5) is 0 Å². The fourth-order valence-electron chi connectivity index (χ4n) is 2.17. The second-order valence-corrected chi connectivity index (χ2v) is 5.06. The van der Waals surface area contributed by atoms with Crippen LogP contribution in [0.3, 0.4) is 0 Å². The van der Waals surface area contributed by atoms with Gasteiger partial charge in [0.2, 0.25) is 0 Å². The summed E-state index contributed by atoms with van der Waals surface area (Å²) in [4.78, 5) is 0. The van der Waals surface area contributed by atoms with E-state index in [4.69, 9.17) is 11.6 Å². The van der Waals surface area contributed by atoms with E-state index in [1.807, 2.05) is 54.6 Å². The number of aromatic hydroxyl groups is 1. The molecule has 98 valence electrons. The Morgan fingerprint density at radius 3 is 2.35 bits per heavy atom. The third-order valence-corrected chi connectivity index (χ3v) is 3.52. The van der Waals surface area contributed by atoms with Gasteiger partial charge in [0.15, 0.2) is 0 Å².